The number of rotatable bonds is 3. The summed E-state index contributed by atoms with van der Waals surface area (Å²) < 4.78 is 1.70. The van der Waals surface area contributed by atoms with Crippen molar-refractivity contribution in [1.82, 2.24) is 9.55 Å². The van der Waals surface area contributed by atoms with Crippen LogP contribution in [-0.2, 0) is 0 Å². The van der Waals surface area contributed by atoms with Crippen LogP contribution in [0.3, 0.4) is 0 Å². The van der Waals surface area contributed by atoms with E-state index in [0.717, 1.165) is 33.5 Å². The first-order chi connectivity index (χ1) is 18.1. The Morgan fingerprint density at radius 3 is 2.16 bits per heavy atom. The summed E-state index contributed by atoms with van der Waals surface area (Å²) in [5, 5.41) is 0.591. The lowest BCUT2D eigenvalue weighted by Crippen LogP contribution is -2.23. The molecule has 0 aliphatic rings. The van der Waals surface area contributed by atoms with Gasteiger partial charge in [-0.25, -0.2) is 4.98 Å². The number of hydrogen-bond acceptors (Lipinski definition) is 2. The van der Waals surface area contributed by atoms with Crippen molar-refractivity contribution in [3.05, 3.63) is 154 Å². The smallest absolute Gasteiger partial charge is 0.266 e. The zero-order valence-corrected chi connectivity index (χ0v) is 21.1. The molecule has 0 bridgehead atoms. The van der Waals surface area contributed by atoms with Crippen LogP contribution in [0.25, 0.3) is 28.7 Å². The minimum absolute atomic E-state index is 0.0914. The molecule has 1 heterocycles. The van der Waals surface area contributed by atoms with Gasteiger partial charge in [0.15, 0.2) is 0 Å². The second kappa shape index (κ2) is 11.7. The summed E-state index contributed by atoms with van der Waals surface area (Å²) in [7, 11) is 0. The van der Waals surface area contributed by atoms with Crippen molar-refractivity contribution in [2.75, 3.05) is 0 Å². The van der Waals surface area contributed by atoms with Gasteiger partial charge in [-0.05, 0) is 79.1 Å². The van der Waals surface area contributed by atoms with Gasteiger partial charge in [-0.3, -0.25) is 9.36 Å². The molecule has 37 heavy (non-hydrogen) atoms. The van der Waals surface area contributed by atoms with Crippen LogP contribution in [-0.4, -0.2) is 9.55 Å². The Bertz CT molecular complexity index is 1700. The monoisotopic (exact) mass is 480 g/mol. The van der Waals surface area contributed by atoms with E-state index in [1.54, 1.807) is 4.57 Å². The predicted octanol–water partition coefficient (Wildman–Crippen LogP) is 7.37. The molecular formula is C34H28N2O. The number of nitrogens with zero attached hydrogens (tertiary/aromatic N) is 2. The van der Waals surface area contributed by atoms with Crippen LogP contribution in [0.4, 0.5) is 0 Å². The molecule has 0 radical (unpaired) electrons. The molecule has 0 unspecified atom stereocenters. The molecular weight excluding hydrogens is 452 g/mol. The number of aryl methyl sites for hydroxylation is 2. The van der Waals surface area contributed by atoms with E-state index in [1.165, 1.54) is 0 Å². The molecule has 0 aliphatic heterocycles. The Balaban J connectivity index is 0.00000156. The highest BCUT2D eigenvalue weighted by molar-refractivity contribution is 5.80. The van der Waals surface area contributed by atoms with Crippen molar-refractivity contribution < 1.29 is 0 Å². The van der Waals surface area contributed by atoms with Gasteiger partial charge >= 0.3 is 0 Å². The fourth-order valence-electron chi connectivity index (χ4n) is 4.08. The second-order valence-electron chi connectivity index (χ2n) is 8.43. The SMILES string of the molecule is C=C.Cc1ccccc1/C=C/c1nc2ccccc2c(=O)n1-c1ccc(C#Cc2ccccc2)cc1C. The minimum atomic E-state index is -0.0914. The van der Waals surface area contributed by atoms with Crippen molar-refractivity contribution in [2.45, 2.75) is 13.8 Å². The molecule has 0 saturated carbocycles. The zero-order valence-electron chi connectivity index (χ0n) is 21.1. The Hall–Kier alpha value is -4.94. The molecule has 180 valence electrons. The maximum absolute atomic E-state index is 13.6. The zero-order chi connectivity index (χ0) is 26.2. The van der Waals surface area contributed by atoms with E-state index in [4.69, 9.17) is 4.98 Å². The number of fused-ring (bicyclic) bond motifs is 1. The average molecular weight is 481 g/mol. The van der Waals surface area contributed by atoms with E-state index in [1.807, 2.05) is 104 Å². The highest BCUT2D eigenvalue weighted by atomic mass is 16.1. The van der Waals surface area contributed by atoms with Gasteiger partial charge in [0.2, 0.25) is 0 Å². The summed E-state index contributed by atoms with van der Waals surface area (Å²) in [6.45, 7) is 10.1. The number of benzene rings is 4. The molecule has 4 aromatic carbocycles. The molecule has 5 aromatic rings. The summed E-state index contributed by atoms with van der Waals surface area (Å²) in [4.78, 5) is 18.5. The average Bonchev–Trinajstić information content (AvgIpc) is 2.94. The fourth-order valence-corrected chi connectivity index (χ4v) is 4.08. The van der Waals surface area contributed by atoms with Gasteiger partial charge < -0.3 is 0 Å². The van der Waals surface area contributed by atoms with Crippen LogP contribution in [0, 0.1) is 25.7 Å². The van der Waals surface area contributed by atoms with E-state index in [0.29, 0.717) is 16.7 Å². The van der Waals surface area contributed by atoms with Crippen LogP contribution < -0.4 is 5.56 Å². The molecule has 0 fully saturated rings. The number of hydrogen-bond donors (Lipinski definition) is 0. The van der Waals surface area contributed by atoms with E-state index >= 15 is 0 Å². The topological polar surface area (TPSA) is 34.9 Å². The largest absolute Gasteiger partial charge is 0.268 e. The Morgan fingerprint density at radius 2 is 1.41 bits per heavy atom. The first-order valence-corrected chi connectivity index (χ1v) is 12.0. The maximum Gasteiger partial charge on any atom is 0.266 e. The molecule has 0 amide bonds. The third-order valence-corrected chi connectivity index (χ3v) is 5.96. The lowest BCUT2D eigenvalue weighted by Gasteiger charge is -2.14. The Morgan fingerprint density at radius 1 is 0.730 bits per heavy atom. The predicted molar refractivity (Wildman–Crippen MR) is 156 cm³/mol. The highest BCUT2D eigenvalue weighted by Gasteiger charge is 2.13. The normalized spacial score (nSPS) is 10.4. The van der Waals surface area contributed by atoms with Gasteiger partial charge in [0.1, 0.15) is 5.82 Å². The summed E-state index contributed by atoms with van der Waals surface area (Å²) in [6, 6.07) is 31.4. The Labute approximate surface area is 218 Å². The van der Waals surface area contributed by atoms with E-state index in [2.05, 4.69) is 44.1 Å². The lowest BCUT2D eigenvalue weighted by atomic mass is 10.1. The standard InChI is InChI=1S/C32H24N2O.C2H4/c1-23-10-6-7-13-27(23)19-21-31-33-29-15-9-8-14-28(29)32(35)34(31)30-20-18-26(22-24(30)2)17-16-25-11-4-3-5-12-25;1-2/h3-15,18-22H,1-2H3;1-2H2/b21-19+;. The molecule has 0 aliphatic carbocycles. The van der Waals surface area contributed by atoms with E-state index in [-0.39, 0.29) is 5.56 Å². The van der Waals surface area contributed by atoms with Crippen molar-refractivity contribution in [1.29, 1.82) is 0 Å². The summed E-state index contributed by atoms with van der Waals surface area (Å²) in [6.07, 6.45) is 3.93. The maximum atomic E-state index is 13.6. The third kappa shape index (κ3) is 5.66. The van der Waals surface area contributed by atoms with Gasteiger partial charge in [-0.15, -0.1) is 13.2 Å². The summed E-state index contributed by atoms with van der Waals surface area (Å²) in [5.41, 5.74) is 6.45. The molecule has 0 saturated heterocycles. The molecule has 0 atom stereocenters. The van der Waals surface area contributed by atoms with Crippen molar-refractivity contribution in [2.24, 2.45) is 0 Å². The first kappa shape index (κ1) is 25.2. The fraction of sp³-hybridized carbons (Fsp3) is 0.0588. The first-order valence-electron chi connectivity index (χ1n) is 12.0. The van der Waals surface area contributed by atoms with Gasteiger partial charge in [-0.1, -0.05) is 72.5 Å². The van der Waals surface area contributed by atoms with Gasteiger partial charge in [-0.2, -0.15) is 0 Å². The van der Waals surface area contributed by atoms with Crippen molar-refractivity contribution in [3.8, 4) is 17.5 Å². The van der Waals surface area contributed by atoms with Gasteiger partial charge in [0.25, 0.3) is 5.56 Å². The molecule has 0 spiro atoms. The quantitative estimate of drug-likeness (QED) is 0.200. The molecule has 0 N–H and O–H groups in total. The second-order valence-corrected chi connectivity index (χ2v) is 8.43. The molecule has 5 rings (SSSR count). The molecule has 3 heteroatoms. The Kier molecular flexibility index (Phi) is 7.93. The highest BCUT2D eigenvalue weighted by Crippen LogP contribution is 2.20. The van der Waals surface area contributed by atoms with Crippen molar-refractivity contribution >= 4 is 23.1 Å². The summed E-state index contributed by atoms with van der Waals surface area (Å²) in [5.74, 6) is 7.01. The van der Waals surface area contributed by atoms with Gasteiger partial charge in [0.05, 0.1) is 16.6 Å². The number of para-hydroxylation sites is 1. The summed E-state index contributed by atoms with van der Waals surface area (Å²) >= 11 is 0. The van der Waals surface area contributed by atoms with Crippen LogP contribution in [0.15, 0.2) is 115 Å². The number of aromatic nitrogens is 2. The van der Waals surface area contributed by atoms with Crippen LogP contribution in [0.1, 0.15) is 33.6 Å². The van der Waals surface area contributed by atoms with Crippen LogP contribution >= 0.6 is 0 Å². The van der Waals surface area contributed by atoms with Crippen molar-refractivity contribution in [3.63, 3.8) is 0 Å². The van der Waals surface area contributed by atoms with E-state index < -0.39 is 0 Å². The lowest BCUT2D eigenvalue weighted by molar-refractivity contribution is 0.934. The van der Waals surface area contributed by atoms with Crippen LogP contribution in [0.5, 0.6) is 0 Å². The van der Waals surface area contributed by atoms with Crippen LogP contribution in [0.2, 0.25) is 0 Å². The third-order valence-electron chi connectivity index (χ3n) is 5.96. The molecule has 1 aromatic heterocycles. The minimum Gasteiger partial charge on any atom is -0.268 e. The molecule has 3 nitrogen and oxygen atoms in total. The van der Waals surface area contributed by atoms with E-state index in [9.17, 15) is 4.79 Å². The van der Waals surface area contributed by atoms with Gasteiger partial charge in [0, 0.05) is 11.1 Å².